The molecule has 0 radical (unpaired) electrons. The largest absolute Gasteiger partial charge is 0.100 e. The Kier molecular flexibility index (Phi) is 3.66. The van der Waals surface area contributed by atoms with Crippen molar-refractivity contribution < 1.29 is 0 Å². The van der Waals surface area contributed by atoms with Gasteiger partial charge in [0, 0.05) is 0 Å². The Morgan fingerprint density at radius 2 is 1.54 bits per heavy atom. The van der Waals surface area contributed by atoms with E-state index < -0.39 is 0 Å². The second-order valence-corrected chi connectivity index (χ2v) is 7.70. The molecule has 2 saturated heterocycles. The standard InChI is InChI=1S/C12H23P/c1-2-3-10-13-11-6-4-7-12(13)9-5-8-11/h11-12H,2-10H2,1H3. The summed E-state index contributed by atoms with van der Waals surface area (Å²) in [5.41, 5.74) is 2.41. The zero-order chi connectivity index (χ0) is 9.10. The van der Waals surface area contributed by atoms with E-state index in [4.69, 9.17) is 0 Å². The summed E-state index contributed by atoms with van der Waals surface area (Å²) in [6, 6.07) is 0. The fourth-order valence-electron chi connectivity index (χ4n) is 3.13. The SMILES string of the molecule is CCCCP1C2CCCC1CCC2. The summed E-state index contributed by atoms with van der Waals surface area (Å²) in [4.78, 5) is 0. The average molecular weight is 198 g/mol. The lowest BCUT2D eigenvalue weighted by Gasteiger charge is -2.43. The molecule has 76 valence electrons. The maximum absolute atomic E-state index is 2.34. The maximum atomic E-state index is 2.34. The molecule has 2 heterocycles. The molecule has 13 heavy (non-hydrogen) atoms. The van der Waals surface area contributed by atoms with Crippen molar-refractivity contribution in [2.45, 2.75) is 69.6 Å². The third-order valence-electron chi connectivity index (χ3n) is 3.86. The lowest BCUT2D eigenvalue weighted by atomic mass is 9.99. The predicted molar refractivity (Wildman–Crippen MR) is 62.0 cm³/mol. The maximum Gasteiger partial charge on any atom is -0.0207 e. The summed E-state index contributed by atoms with van der Waals surface area (Å²) in [6.07, 6.45) is 14.0. The molecular formula is C12H23P. The van der Waals surface area contributed by atoms with Crippen molar-refractivity contribution in [3.05, 3.63) is 0 Å². The molecule has 0 saturated carbocycles. The van der Waals surface area contributed by atoms with Gasteiger partial charge in [-0.1, -0.05) is 26.2 Å². The highest BCUT2D eigenvalue weighted by Crippen LogP contribution is 2.59. The fraction of sp³-hybridized carbons (Fsp3) is 1.00. The number of hydrogen-bond acceptors (Lipinski definition) is 0. The number of rotatable bonds is 3. The van der Waals surface area contributed by atoms with E-state index in [9.17, 15) is 0 Å². The summed E-state index contributed by atoms with van der Waals surface area (Å²) in [5.74, 6) is 0. The zero-order valence-corrected chi connectivity index (χ0v) is 9.86. The Hall–Kier alpha value is 0.430. The van der Waals surface area contributed by atoms with Crippen LogP contribution in [0.4, 0.5) is 0 Å². The molecule has 2 fully saturated rings. The van der Waals surface area contributed by atoms with Crippen molar-refractivity contribution in [3.8, 4) is 0 Å². The topological polar surface area (TPSA) is 0 Å². The highest BCUT2D eigenvalue weighted by atomic mass is 31.1. The van der Waals surface area contributed by atoms with Gasteiger partial charge in [0.25, 0.3) is 0 Å². The van der Waals surface area contributed by atoms with Crippen molar-refractivity contribution >= 4 is 7.92 Å². The molecule has 0 unspecified atom stereocenters. The van der Waals surface area contributed by atoms with Crippen LogP contribution in [0.3, 0.4) is 0 Å². The van der Waals surface area contributed by atoms with Crippen molar-refractivity contribution in [2.75, 3.05) is 6.16 Å². The summed E-state index contributed by atoms with van der Waals surface area (Å²) < 4.78 is 0. The van der Waals surface area contributed by atoms with Crippen molar-refractivity contribution in [1.29, 1.82) is 0 Å². The zero-order valence-electron chi connectivity index (χ0n) is 8.97. The molecule has 0 aromatic carbocycles. The molecule has 0 amide bonds. The van der Waals surface area contributed by atoms with Crippen LogP contribution in [-0.2, 0) is 0 Å². The minimum atomic E-state index is 0.484. The van der Waals surface area contributed by atoms with Crippen LogP contribution in [0.15, 0.2) is 0 Å². The molecule has 0 aromatic heterocycles. The highest BCUT2D eigenvalue weighted by Gasteiger charge is 2.34. The average Bonchev–Trinajstić information content (AvgIpc) is 2.14. The first-order valence-corrected chi connectivity index (χ1v) is 7.84. The molecule has 0 atom stereocenters. The molecular weight excluding hydrogens is 175 g/mol. The van der Waals surface area contributed by atoms with Crippen LogP contribution < -0.4 is 0 Å². The molecule has 1 heteroatoms. The Balaban J connectivity index is 1.90. The first kappa shape index (κ1) is 9.97. The van der Waals surface area contributed by atoms with Gasteiger partial charge >= 0.3 is 0 Å². The third-order valence-corrected chi connectivity index (χ3v) is 7.60. The smallest absolute Gasteiger partial charge is 0.0207 e. The monoisotopic (exact) mass is 198 g/mol. The molecule has 2 bridgehead atoms. The first-order valence-electron chi connectivity index (χ1n) is 6.17. The van der Waals surface area contributed by atoms with Gasteiger partial charge in [-0.15, -0.1) is 7.92 Å². The summed E-state index contributed by atoms with van der Waals surface area (Å²) >= 11 is 0. The van der Waals surface area contributed by atoms with Crippen LogP contribution in [0.25, 0.3) is 0 Å². The van der Waals surface area contributed by atoms with Crippen molar-refractivity contribution in [2.24, 2.45) is 0 Å². The molecule has 0 nitrogen and oxygen atoms in total. The van der Waals surface area contributed by atoms with E-state index in [0.29, 0.717) is 7.92 Å². The molecule has 2 aliphatic rings. The summed E-state index contributed by atoms with van der Waals surface area (Å²) in [6.45, 7) is 2.34. The molecule has 2 aliphatic heterocycles. The number of hydrogen-bond donors (Lipinski definition) is 0. The van der Waals surface area contributed by atoms with Gasteiger partial charge in [-0.3, -0.25) is 0 Å². The van der Waals surface area contributed by atoms with Crippen LogP contribution in [0.2, 0.25) is 0 Å². The van der Waals surface area contributed by atoms with Crippen molar-refractivity contribution in [3.63, 3.8) is 0 Å². The summed E-state index contributed by atoms with van der Waals surface area (Å²) in [5, 5.41) is 0. The molecule has 2 rings (SSSR count). The molecule has 0 aromatic rings. The number of unbranched alkanes of at least 4 members (excludes halogenated alkanes) is 1. The Morgan fingerprint density at radius 3 is 2.00 bits per heavy atom. The van der Waals surface area contributed by atoms with Crippen LogP contribution in [0.5, 0.6) is 0 Å². The first-order chi connectivity index (χ1) is 6.42. The second kappa shape index (κ2) is 4.78. The van der Waals surface area contributed by atoms with E-state index in [0.717, 1.165) is 0 Å². The fourth-order valence-corrected chi connectivity index (χ4v) is 7.20. The molecule has 0 N–H and O–H groups in total. The van der Waals surface area contributed by atoms with Gasteiger partial charge in [0.1, 0.15) is 0 Å². The minimum Gasteiger partial charge on any atom is -0.100 e. The molecule has 0 spiro atoms. The van der Waals surface area contributed by atoms with E-state index in [-0.39, 0.29) is 0 Å². The normalized spacial score (nSPS) is 39.0. The van der Waals surface area contributed by atoms with Crippen LogP contribution in [0, 0.1) is 0 Å². The van der Waals surface area contributed by atoms with E-state index in [2.05, 4.69) is 6.92 Å². The van der Waals surface area contributed by atoms with Gasteiger partial charge in [0.05, 0.1) is 0 Å². The third kappa shape index (κ3) is 2.27. The van der Waals surface area contributed by atoms with Gasteiger partial charge in [0.2, 0.25) is 0 Å². The van der Waals surface area contributed by atoms with E-state index in [1.54, 1.807) is 44.7 Å². The lowest BCUT2D eigenvalue weighted by molar-refractivity contribution is 0.474. The highest BCUT2D eigenvalue weighted by molar-refractivity contribution is 7.59. The van der Waals surface area contributed by atoms with Gasteiger partial charge in [-0.05, 0) is 49.6 Å². The van der Waals surface area contributed by atoms with Crippen LogP contribution in [-0.4, -0.2) is 17.5 Å². The van der Waals surface area contributed by atoms with Gasteiger partial charge in [-0.25, -0.2) is 0 Å². The molecule has 0 aliphatic carbocycles. The van der Waals surface area contributed by atoms with Gasteiger partial charge in [0.15, 0.2) is 0 Å². The van der Waals surface area contributed by atoms with Crippen LogP contribution >= 0.6 is 7.92 Å². The van der Waals surface area contributed by atoms with Crippen LogP contribution in [0.1, 0.15) is 58.3 Å². The Bertz CT molecular complexity index is 133. The lowest BCUT2D eigenvalue weighted by Crippen LogP contribution is -2.27. The van der Waals surface area contributed by atoms with E-state index >= 15 is 0 Å². The summed E-state index contributed by atoms with van der Waals surface area (Å²) in [7, 11) is 0.484. The van der Waals surface area contributed by atoms with E-state index in [1.807, 2.05) is 0 Å². The number of fused-ring (bicyclic) bond motifs is 2. The minimum absolute atomic E-state index is 0.484. The van der Waals surface area contributed by atoms with Gasteiger partial charge in [-0.2, -0.15) is 0 Å². The Morgan fingerprint density at radius 1 is 1.00 bits per heavy atom. The second-order valence-electron chi connectivity index (χ2n) is 4.76. The Labute approximate surface area is 84.2 Å². The van der Waals surface area contributed by atoms with E-state index in [1.165, 1.54) is 24.2 Å². The van der Waals surface area contributed by atoms with Crippen molar-refractivity contribution in [1.82, 2.24) is 0 Å². The predicted octanol–water partition coefficient (Wildman–Crippen LogP) is 4.37. The van der Waals surface area contributed by atoms with Gasteiger partial charge < -0.3 is 0 Å². The quantitative estimate of drug-likeness (QED) is 0.590.